The average Bonchev–Trinajstić information content (AvgIpc) is 3.16. The zero-order valence-corrected chi connectivity index (χ0v) is 15.8. The number of aryl methyl sites for hydroxylation is 1. The molecule has 2 saturated heterocycles. The number of hydrogen-bond acceptors (Lipinski definition) is 6. The second-order valence-electron chi connectivity index (χ2n) is 8.29. The quantitative estimate of drug-likeness (QED) is 0.819. The first-order valence-corrected chi connectivity index (χ1v) is 9.48. The Balaban J connectivity index is 1.66. The van der Waals surface area contributed by atoms with Crippen LogP contribution in [0.3, 0.4) is 0 Å². The molecule has 8 heteroatoms. The number of nitrogens with two attached hydrogens (primary N) is 1. The van der Waals surface area contributed by atoms with Gasteiger partial charge < -0.3 is 25.4 Å². The molecular formula is C20H22N4O4. The maximum Gasteiger partial charge on any atom is 0.407 e. The zero-order valence-electron chi connectivity index (χ0n) is 15.8. The van der Waals surface area contributed by atoms with Crippen LogP contribution >= 0.6 is 0 Å². The van der Waals surface area contributed by atoms with Gasteiger partial charge in [0.05, 0.1) is 18.2 Å². The van der Waals surface area contributed by atoms with Crippen LogP contribution in [0.2, 0.25) is 0 Å². The molecule has 3 aliphatic rings. The van der Waals surface area contributed by atoms with Crippen molar-refractivity contribution in [2.24, 2.45) is 5.73 Å². The molecule has 3 N–H and O–H groups in total. The molecular weight excluding hydrogens is 360 g/mol. The molecule has 0 radical (unpaired) electrons. The van der Waals surface area contributed by atoms with E-state index in [1.54, 1.807) is 12.3 Å². The van der Waals surface area contributed by atoms with Crippen LogP contribution in [0.1, 0.15) is 36.2 Å². The minimum Gasteiger partial charge on any atom is -0.487 e. The lowest BCUT2D eigenvalue weighted by Crippen LogP contribution is -2.35. The van der Waals surface area contributed by atoms with E-state index in [1.807, 2.05) is 19.9 Å². The fourth-order valence-electron chi connectivity index (χ4n) is 4.45. The molecule has 5 rings (SSSR count). The topological polar surface area (TPSA) is 107 Å². The summed E-state index contributed by atoms with van der Waals surface area (Å²) in [6.07, 6.45) is 2.79. The number of hydrogen-bond donors (Lipinski definition) is 2. The van der Waals surface area contributed by atoms with Gasteiger partial charge in [0.2, 0.25) is 0 Å². The maximum atomic E-state index is 12.1. The Hall–Kier alpha value is -3.03. The Morgan fingerprint density at radius 3 is 2.96 bits per heavy atom. The standard InChI is InChI=1S/C20H22N4O4/c1-20(2)5-3-11-15-10(7-12(17(21)25)16(11)28-20)4-6-22-18(15)24-8-13-14(9-24)27-19(26)23-13/h4,6-7,13-14H,3,5,8-9H2,1-2H3,(H2,21,25)(H,23,26)/t13-,14+/m1/s1. The third-order valence-corrected chi connectivity index (χ3v) is 5.83. The van der Waals surface area contributed by atoms with Crippen molar-refractivity contribution in [3.05, 3.63) is 29.5 Å². The molecule has 28 heavy (non-hydrogen) atoms. The number of aromatic nitrogens is 1. The highest BCUT2D eigenvalue weighted by molar-refractivity contribution is 6.05. The fourth-order valence-corrected chi connectivity index (χ4v) is 4.45. The number of amides is 2. The Morgan fingerprint density at radius 2 is 2.21 bits per heavy atom. The fraction of sp³-hybridized carbons (Fsp3) is 0.450. The van der Waals surface area contributed by atoms with E-state index in [-0.39, 0.29) is 23.8 Å². The number of benzene rings is 1. The molecule has 0 aliphatic carbocycles. The third-order valence-electron chi connectivity index (χ3n) is 5.83. The van der Waals surface area contributed by atoms with E-state index in [2.05, 4.69) is 15.2 Å². The van der Waals surface area contributed by atoms with E-state index in [4.69, 9.17) is 15.2 Å². The number of rotatable bonds is 2. The zero-order chi connectivity index (χ0) is 19.6. The van der Waals surface area contributed by atoms with Crippen LogP contribution in [0.25, 0.3) is 10.8 Å². The van der Waals surface area contributed by atoms with Crippen molar-refractivity contribution < 1.29 is 19.1 Å². The van der Waals surface area contributed by atoms with Crippen molar-refractivity contribution in [1.82, 2.24) is 10.3 Å². The first kappa shape index (κ1) is 17.1. The average molecular weight is 382 g/mol. The summed E-state index contributed by atoms with van der Waals surface area (Å²) in [5, 5.41) is 4.73. The van der Waals surface area contributed by atoms with E-state index in [1.165, 1.54) is 0 Å². The minimum atomic E-state index is -0.499. The monoisotopic (exact) mass is 382 g/mol. The molecule has 1 aromatic carbocycles. The van der Waals surface area contributed by atoms with E-state index in [0.717, 1.165) is 35.0 Å². The normalized spacial score (nSPS) is 24.9. The lowest BCUT2D eigenvalue weighted by molar-refractivity contribution is 0.0812. The molecule has 0 unspecified atom stereocenters. The predicted molar refractivity (Wildman–Crippen MR) is 103 cm³/mol. The minimum absolute atomic E-state index is 0.0412. The van der Waals surface area contributed by atoms with Gasteiger partial charge in [-0.3, -0.25) is 4.79 Å². The number of alkyl carbamates (subject to hydrolysis) is 1. The van der Waals surface area contributed by atoms with Crippen molar-refractivity contribution >= 4 is 28.6 Å². The molecule has 3 aliphatic heterocycles. The van der Waals surface area contributed by atoms with Gasteiger partial charge in [0, 0.05) is 23.7 Å². The second kappa shape index (κ2) is 5.73. The Morgan fingerprint density at radius 1 is 1.39 bits per heavy atom. The first-order chi connectivity index (χ1) is 13.3. The smallest absolute Gasteiger partial charge is 0.407 e. The Bertz CT molecular complexity index is 1000. The molecule has 0 spiro atoms. The number of fused-ring (bicyclic) bond motifs is 4. The molecule has 1 aromatic heterocycles. The van der Waals surface area contributed by atoms with Gasteiger partial charge in [-0.2, -0.15) is 0 Å². The number of primary amides is 1. The number of carbonyl (C=O) groups excluding carboxylic acids is 2. The largest absolute Gasteiger partial charge is 0.487 e. The van der Waals surface area contributed by atoms with Gasteiger partial charge in [0.15, 0.2) is 0 Å². The predicted octanol–water partition coefficient (Wildman–Crippen LogP) is 1.73. The molecule has 2 amide bonds. The van der Waals surface area contributed by atoms with Gasteiger partial charge in [0.25, 0.3) is 5.91 Å². The highest BCUT2D eigenvalue weighted by atomic mass is 16.6. The summed E-state index contributed by atoms with van der Waals surface area (Å²) >= 11 is 0. The number of nitrogens with zero attached hydrogens (tertiary/aromatic N) is 2. The number of ether oxygens (including phenoxy) is 2. The summed E-state index contributed by atoms with van der Waals surface area (Å²) in [6.45, 7) is 5.23. The van der Waals surface area contributed by atoms with Gasteiger partial charge in [-0.05, 0) is 44.2 Å². The molecule has 2 fully saturated rings. The first-order valence-electron chi connectivity index (χ1n) is 9.48. The molecule has 4 heterocycles. The number of anilines is 1. The second-order valence-corrected chi connectivity index (χ2v) is 8.29. The summed E-state index contributed by atoms with van der Waals surface area (Å²) in [6, 6.07) is 3.64. The summed E-state index contributed by atoms with van der Waals surface area (Å²) in [4.78, 5) is 30.3. The van der Waals surface area contributed by atoms with Crippen molar-refractivity contribution in [2.45, 2.75) is 44.4 Å². The van der Waals surface area contributed by atoms with E-state index >= 15 is 0 Å². The highest BCUT2D eigenvalue weighted by Crippen LogP contribution is 2.43. The van der Waals surface area contributed by atoms with Crippen molar-refractivity contribution in [3.8, 4) is 5.75 Å². The molecule has 146 valence electrons. The van der Waals surface area contributed by atoms with E-state index in [0.29, 0.717) is 24.4 Å². The van der Waals surface area contributed by atoms with Crippen LogP contribution < -0.4 is 20.7 Å². The van der Waals surface area contributed by atoms with Gasteiger partial charge in [-0.1, -0.05) is 0 Å². The SMILES string of the molecule is CC1(C)CCc2c(c(C(N)=O)cc3ccnc(N4C[C@@H]5OC(=O)N[C@@H]5C4)c23)O1. The number of pyridine rings is 1. The molecule has 2 aromatic rings. The maximum absolute atomic E-state index is 12.1. The van der Waals surface area contributed by atoms with Crippen LogP contribution in [-0.4, -0.2) is 47.8 Å². The lowest BCUT2D eigenvalue weighted by Gasteiger charge is -2.35. The summed E-state index contributed by atoms with van der Waals surface area (Å²) in [5.41, 5.74) is 6.66. The van der Waals surface area contributed by atoms with Crippen molar-refractivity contribution in [1.29, 1.82) is 0 Å². The van der Waals surface area contributed by atoms with Crippen LogP contribution in [0.5, 0.6) is 5.75 Å². The Labute approximate surface area is 162 Å². The summed E-state index contributed by atoms with van der Waals surface area (Å²) in [5.74, 6) is 0.885. The number of carbonyl (C=O) groups is 2. The molecule has 0 bridgehead atoms. The Kier molecular flexibility index (Phi) is 3.50. The van der Waals surface area contributed by atoms with Gasteiger partial charge >= 0.3 is 6.09 Å². The van der Waals surface area contributed by atoms with Gasteiger partial charge in [-0.25, -0.2) is 9.78 Å². The van der Waals surface area contributed by atoms with Crippen LogP contribution in [-0.2, 0) is 11.2 Å². The van der Waals surface area contributed by atoms with Crippen LogP contribution in [0.15, 0.2) is 18.3 Å². The van der Waals surface area contributed by atoms with Crippen molar-refractivity contribution in [2.75, 3.05) is 18.0 Å². The van der Waals surface area contributed by atoms with Gasteiger partial charge in [-0.15, -0.1) is 0 Å². The number of nitrogens with one attached hydrogen (secondary N) is 1. The summed E-state index contributed by atoms with van der Waals surface area (Å²) < 4.78 is 11.5. The van der Waals surface area contributed by atoms with Crippen LogP contribution in [0, 0.1) is 0 Å². The van der Waals surface area contributed by atoms with Gasteiger partial charge in [0.1, 0.15) is 23.3 Å². The third kappa shape index (κ3) is 2.55. The van der Waals surface area contributed by atoms with E-state index in [9.17, 15) is 9.59 Å². The van der Waals surface area contributed by atoms with Crippen molar-refractivity contribution in [3.63, 3.8) is 0 Å². The molecule has 8 nitrogen and oxygen atoms in total. The molecule has 2 atom stereocenters. The van der Waals surface area contributed by atoms with Crippen LogP contribution in [0.4, 0.5) is 10.6 Å². The highest BCUT2D eigenvalue weighted by Gasteiger charge is 2.43. The lowest BCUT2D eigenvalue weighted by atomic mass is 9.89. The molecule has 0 saturated carbocycles. The summed E-state index contributed by atoms with van der Waals surface area (Å²) in [7, 11) is 0. The van der Waals surface area contributed by atoms with E-state index < -0.39 is 5.91 Å².